The average Bonchev–Trinajstić information content (AvgIpc) is 3.21. The van der Waals surface area contributed by atoms with E-state index < -0.39 is 16.0 Å². The molecule has 148 valence electrons. The van der Waals surface area contributed by atoms with Crippen LogP contribution in [0.2, 0.25) is 0 Å². The zero-order chi connectivity index (χ0) is 20.1. The molecular weight excluding hydrogens is 380 g/mol. The highest BCUT2D eigenvalue weighted by Crippen LogP contribution is 2.19. The fourth-order valence-corrected chi connectivity index (χ4v) is 4.14. The second-order valence-corrected chi connectivity index (χ2v) is 8.40. The smallest absolute Gasteiger partial charge is 0.303 e. The summed E-state index contributed by atoms with van der Waals surface area (Å²) in [6.07, 6.45) is 2.36. The summed E-state index contributed by atoms with van der Waals surface area (Å²) in [5, 5.41) is 8.71. The van der Waals surface area contributed by atoms with E-state index in [1.807, 2.05) is 0 Å². The summed E-state index contributed by atoms with van der Waals surface area (Å²) < 4.78 is 27.5. The summed E-state index contributed by atoms with van der Waals surface area (Å²) in [6.45, 7) is 1.52. The van der Waals surface area contributed by atoms with Gasteiger partial charge in [-0.2, -0.15) is 0 Å². The lowest BCUT2D eigenvalue weighted by Crippen LogP contribution is -2.27. The molecule has 1 aliphatic heterocycles. The Bertz CT molecular complexity index is 947. The number of aliphatic carboxylic acids is 1. The van der Waals surface area contributed by atoms with Crippen LogP contribution >= 0.6 is 0 Å². The monoisotopic (exact) mass is 402 g/mol. The Balaban J connectivity index is 1.66. The van der Waals surface area contributed by atoms with Crippen LogP contribution in [-0.4, -0.2) is 43.4 Å². The molecule has 1 saturated heterocycles. The fourth-order valence-electron chi connectivity index (χ4n) is 3.08. The summed E-state index contributed by atoms with van der Waals surface area (Å²) in [5.74, 6) is -0.936. The molecule has 0 spiro atoms. The minimum absolute atomic E-state index is 0.00710. The van der Waals surface area contributed by atoms with Crippen molar-refractivity contribution < 1.29 is 23.1 Å². The lowest BCUT2D eigenvalue weighted by Gasteiger charge is -2.15. The third-order valence-corrected chi connectivity index (χ3v) is 6.04. The van der Waals surface area contributed by atoms with Gasteiger partial charge in [-0.3, -0.25) is 14.3 Å². The van der Waals surface area contributed by atoms with Crippen molar-refractivity contribution in [2.45, 2.75) is 30.6 Å². The summed E-state index contributed by atoms with van der Waals surface area (Å²) >= 11 is 0. The number of hydrogen-bond acceptors (Lipinski definition) is 4. The van der Waals surface area contributed by atoms with Crippen LogP contribution in [-0.2, 0) is 21.2 Å². The first-order chi connectivity index (χ1) is 13.3. The Kier molecular flexibility index (Phi) is 5.99. The van der Waals surface area contributed by atoms with Crippen LogP contribution in [0.5, 0.6) is 0 Å². The average molecular weight is 402 g/mol. The van der Waals surface area contributed by atoms with E-state index in [1.54, 1.807) is 41.3 Å². The molecule has 0 unspecified atom stereocenters. The highest BCUT2D eigenvalue weighted by atomic mass is 32.2. The Hall–Kier alpha value is -2.87. The number of hydrogen-bond donors (Lipinski definition) is 2. The van der Waals surface area contributed by atoms with E-state index in [1.165, 1.54) is 12.1 Å². The second kappa shape index (κ2) is 8.43. The van der Waals surface area contributed by atoms with Crippen LogP contribution in [0.3, 0.4) is 0 Å². The maximum Gasteiger partial charge on any atom is 0.303 e. The zero-order valence-corrected chi connectivity index (χ0v) is 16.1. The van der Waals surface area contributed by atoms with Crippen molar-refractivity contribution in [2.75, 3.05) is 17.8 Å². The normalized spacial score (nSPS) is 14.1. The molecular formula is C20H22N2O5S. The van der Waals surface area contributed by atoms with Crippen LogP contribution in [0.1, 0.15) is 35.2 Å². The quantitative estimate of drug-likeness (QED) is 0.741. The first-order valence-electron chi connectivity index (χ1n) is 9.08. The summed E-state index contributed by atoms with van der Waals surface area (Å²) in [5.41, 5.74) is 1.66. The van der Waals surface area contributed by atoms with Gasteiger partial charge in [0.1, 0.15) is 0 Å². The summed E-state index contributed by atoms with van der Waals surface area (Å²) in [4.78, 5) is 24.8. The zero-order valence-electron chi connectivity index (χ0n) is 15.3. The number of nitrogens with zero attached hydrogens (tertiary/aromatic N) is 1. The van der Waals surface area contributed by atoms with E-state index in [4.69, 9.17) is 5.11 Å². The van der Waals surface area contributed by atoms with Crippen molar-refractivity contribution in [3.63, 3.8) is 0 Å². The lowest BCUT2D eigenvalue weighted by atomic mass is 10.1. The number of carbonyl (C=O) groups excluding carboxylic acids is 1. The molecule has 1 amide bonds. The highest BCUT2D eigenvalue weighted by molar-refractivity contribution is 7.92. The molecule has 8 heteroatoms. The number of aryl methyl sites for hydroxylation is 1. The molecule has 0 atom stereocenters. The molecule has 3 rings (SSSR count). The minimum atomic E-state index is -3.77. The molecule has 1 heterocycles. The van der Waals surface area contributed by atoms with Crippen LogP contribution in [0.25, 0.3) is 0 Å². The van der Waals surface area contributed by atoms with Crippen LogP contribution in [0.15, 0.2) is 53.4 Å². The topological polar surface area (TPSA) is 104 Å². The van der Waals surface area contributed by atoms with Gasteiger partial charge in [-0.1, -0.05) is 12.1 Å². The van der Waals surface area contributed by atoms with E-state index in [-0.39, 0.29) is 17.2 Å². The number of carboxylic acid groups (broad SMARTS) is 1. The van der Waals surface area contributed by atoms with Gasteiger partial charge in [0.15, 0.2) is 0 Å². The number of sulfonamides is 1. The molecule has 0 bridgehead atoms. The molecule has 1 fully saturated rings. The van der Waals surface area contributed by atoms with Crippen molar-refractivity contribution in [2.24, 2.45) is 0 Å². The number of likely N-dealkylation sites (tertiary alicyclic amines) is 1. The van der Waals surface area contributed by atoms with Gasteiger partial charge in [0.05, 0.1) is 4.90 Å². The fraction of sp³-hybridized carbons (Fsp3) is 0.300. The van der Waals surface area contributed by atoms with Crippen LogP contribution in [0, 0.1) is 0 Å². The van der Waals surface area contributed by atoms with E-state index in [0.29, 0.717) is 17.7 Å². The first kappa shape index (κ1) is 19.9. The molecule has 0 radical (unpaired) electrons. The van der Waals surface area contributed by atoms with Crippen LogP contribution in [0.4, 0.5) is 5.69 Å². The standard InChI is InChI=1S/C20H22N2O5S/c23-19(24)12-5-15-3-10-18(11-4-15)28(26,27)21-17-8-6-16(7-9-17)20(25)22-13-1-2-14-22/h3-4,6-11,21H,1-2,5,12-14H2,(H,23,24). The van der Waals surface area contributed by atoms with E-state index >= 15 is 0 Å². The van der Waals surface area contributed by atoms with Gasteiger partial charge in [0.25, 0.3) is 15.9 Å². The van der Waals surface area contributed by atoms with Gasteiger partial charge in [0, 0.05) is 30.8 Å². The molecule has 7 nitrogen and oxygen atoms in total. The minimum Gasteiger partial charge on any atom is -0.481 e. The Morgan fingerprint density at radius 1 is 0.964 bits per heavy atom. The van der Waals surface area contributed by atoms with Gasteiger partial charge >= 0.3 is 5.97 Å². The molecule has 0 saturated carbocycles. The van der Waals surface area contributed by atoms with Crippen molar-refractivity contribution in [1.29, 1.82) is 0 Å². The number of nitrogens with one attached hydrogen (secondary N) is 1. The third-order valence-electron chi connectivity index (χ3n) is 4.64. The van der Waals surface area contributed by atoms with Crippen LogP contribution < -0.4 is 4.72 Å². The number of rotatable bonds is 7. The van der Waals surface area contributed by atoms with Crippen molar-refractivity contribution in [1.82, 2.24) is 4.90 Å². The molecule has 28 heavy (non-hydrogen) atoms. The van der Waals surface area contributed by atoms with E-state index in [2.05, 4.69) is 4.72 Å². The first-order valence-corrected chi connectivity index (χ1v) is 10.6. The van der Waals surface area contributed by atoms with Gasteiger partial charge in [0.2, 0.25) is 0 Å². The molecule has 2 aromatic rings. The molecule has 2 N–H and O–H groups in total. The van der Waals surface area contributed by atoms with Crippen molar-refractivity contribution in [3.8, 4) is 0 Å². The summed E-state index contributed by atoms with van der Waals surface area (Å²) in [6, 6.07) is 12.5. The largest absolute Gasteiger partial charge is 0.481 e. The molecule has 2 aromatic carbocycles. The van der Waals surface area contributed by atoms with E-state index in [9.17, 15) is 18.0 Å². The van der Waals surface area contributed by atoms with E-state index in [0.717, 1.165) is 31.5 Å². The number of carboxylic acids is 1. The molecule has 0 aliphatic carbocycles. The van der Waals surface area contributed by atoms with Gasteiger partial charge in [-0.15, -0.1) is 0 Å². The van der Waals surface area contributed by atoms with Gasteiger partial charge in [-0.05, 0) is 61.2 Å². The Morgan fingerprint density at radius 2 is 1.57 bits per heavy atom. The maximum absolute atomic E-state index is 12.5. The maximum atomic E-state index is 12.5. The molecule has 0 aromatic heterocycles. The number of benzene rings is 2. The predicted octanol–water partition coefficient (Wildman–Crippen LogP) is 2.74. The number of amides is 1. The van der Waals surface area contributed by atoms with Gasteiger partial charge in [-0.25, -0.2) is 8.42 Å². The Labute approximate surface area is 164 Å². The lowest BCUT2D eigenvalue weighted by molar-refractivity contribution is -0.136. The molecule has 1 aliphatic rings. The second-order valence-electron chi connectivity index (χ2n) is 6.72. The number of carbonyl (C=O) groups is 2. The van der Waals surface area contributed by atoms with Crippen molar-refractivity contribution >= 4 is 27.6 Å². The van der Waals surface area contributed by atoms with Crippen molar-refractivity contribution in [3.05, 3.63) is 59.7 Å². The van der Waals surface area contributed by atoms with Gasteiger partial charge < -0.3 is 10.0 Å². The SMILES string of the molecule is O=C(O)CCc1ccc(S(=O)(=O)Nc2ccc(C(=O)N3CCCC3)cc2)cc1. The summed E-state index contributed by atoms with van der Waals surface area (Å²) in [7, 11) is -3.77. The Morgan fingerprint density at radius 3 is 2.14 bits per heavy atom. The third kappa shape index (κ3) is 4.89. The highest BCUT2D eigenvalue weighted by Gasteiger charge is 2.20. The number of anilines is 1. The predicted molar refractivity (Wildman–Crippen MR) is 105 cm³/mol.